The van der Waals surface area contributed by atoms with Crippen molar-refractivity contribution in [2.45, 2.75) is 76.6 Å². The summed E-state index contributed by atoms with van der Waals surface area (Å²) < 4.78 is 27.6. The van der Waals surface area contributed by atoms with Crippen LogP contribution in [0.2, 0.25) is 5.02 Å². The molecule has 2 aromatic carbocycles. The first-order valence-electron chi connectivity index (χ1n) is 16.0. The lowest BCUT2D eigenvalue weighted by Gasteiger charge is -2.47. The lowest BCUT2D eigenvalue weighted by molar-refractivity contribution is -0.0349. The minimum atomic E-state index is -1.48. The maximum absolute atomic E-state index is 13.1. The number of carbonyl (C=O) groups excluding carboxylic acids is 1. The Balaban J connectivity index is 1.73. The van der Waals surface area contributed by atoms with E-state index in [-0.39, 0.29) is 35.5 Å². The van der Waals surface area contributed by atoms with E-state index in [4.69, 9.17) is 21.1 Å². The third kappa shape index (κ3) is 8.31. The molecule has 4 rings (SSSR count). The van der Waals surface area contributed by atoms with Crippen molar-refractivity contribution in [1.29, 1.82) is 0 Å². The van der Waals surface area contributed by atoms with Gasteiger partial charge in [0.05, 0.1) is 12.3 Å². The van der Waals surface area contributed by atoms with Crippen LogP contribution in [0.15, 0.2) is 48.6 Å². The molecular weight excluding hydrogens is 608 g/mol. The molecule has 2 N–H and O–H groups in total. The highest BCUT2D eigenvalue weighted by Crippen LogP contribution is 2.46. The molecule has 1 saturated carbocycles. The average Bonchev–Trinajstić information content (AvgIpc) is 3.19. The lowest BCUT2D eigenvalue weighted by Crippen LogP contribution is -2.50. The van der Waals surface area contributed by atoms with Crippen molar-refractivity contribution in [3.63, 3.8) is 0 Å². The summed E-state index contributed by atoms with van der Waals surface area (Å²) in [6.45, 7) is 9.52. The average molecular weight is 655 g/mol. The van der Waals surface area contributed by atoms with Gasteiger partial charge in [-0.15, -0.1) is 0 Å². The van der Waals surface area contributed by atoms with E-state index in [1.807, 2.05) is 32.0 Å². The van der Waals surface area contributed by atoms with E-state index in [9.17, 15) is 14.1 Å². The quantitative estimate of drug-likeness (QED) is 0.202. The summed E-state index contributed by atoms with van der Waals surface area (Å²) in [4.78, 5) is 15.5. The largest absolute Gasteiger partial charge is 0.491 e. The Hall–Kier alpha value is -2.83. The Kier molecular flexibility index (Phi) is 12.6. The van der Waals surface area contributed by atoms with Gasteiger partial charge in [-0.2, -0.15) is 0 Å². The van der Waals surface area contributed by atoms with Crippen LogP contribution in [0.5, 0.6) is 5.75 Å². The molecule has 0 spiro atoms. The van der Waals surface area contributed by atoms with Crippen LogP contribution in [-0.4, -0.2) is 59.5 Å². The predicted octanol–water partition coefficient (Wildman–Crippen LogP) is 6.45. The van der Waals surface area contributed by atoms with E-state index in [1.54, 1.807) is 13.2 Å². The number of amides is 1. The van der Waals surface area contributed by atoms with E-state index in [1.165, 1.54) is 11.1 Å². The number of hydrogen-bond donors (Lipinski definition) is 2. The minimum absolute atomic E-state index is 0.0711. The molecule has 2 aliphatic rings. The Morgan fingerprint density at radius 2 is 2.07 bits per heavy atom. The first kappa shape index (κ1) is 35.0. The van der Waals surface area contributed by atoms with Crippen LogP contribution in [0.25, 0.3) is 0 Å². The topological polar surface area (TPSA) is 88.1 Å². The molecule has 244 valence electrons. The molecule has 7 nitrogen and oxygen atoms in total. The van der Waals surface area contributed by atoms with Gasteiger partial charge in [0, 0.05) is 47.9 Å². The molecule has 1 fully saturated rings. The fraction of sp³-hybridized carbons (Fsp3) is 0.528. The normalized spacial score (nSPS) is 21.5. The number of carbonyl (C=O) groups is 1. The Labute approximate surface area is 276 Å². The number of benzene rings is 2. The predicted molar refractivity (Wildman–Crippen MR) is 183 cm³/mol. The number of allylic oxidation sites excluding steroid dienone is 1. The first-order chi connectivity index (χ1) is 21.7. The molecule has 9 heteroatoms. The van der Waals surface area contributed by atoms with Crippen LogP contribution >= 0.6 is 11.6 Å². The number of methoxy groups -OCH3 is 1. The SMILES string of the molecule is CC/C=C/C(C#CCO)(OC)C1CCC1CN1CC(c2ccc(Cl)cc2CCC)COc2ccc(C(=O)NS(=O)C(C)C)cc21. The van der Waals surface area contributed by atoms with Gasteiger partial charge >= 0.3 is 0 Å². The Morgan fingerprint density at radius 3 is 2.71 bits per heavy atom. The zero-order chi connectivity index (χ0) is 32.6. The zero-order valence-corrected chi connectivity index (χ0v) is 28.7. The van der Waals surface area contributed by atoms with Crippen LogP contribution in [0.4, 0.5) is 5.69 Å². The van der Waals surface area contributed by atoms with Gasteiger partial charge < -0.3 is 19.5 Å². The second kappa shape index (κ2) is 16.1. The van der Waals surface area contributed by atoms with Crippen molar-refractivity contribution in [1.82, 2.24) is 4.72 Å². The van der Waals surface area contributed by atoms with Crippen molar-refractivity contribution in [2.24, 2.45) is 11.8 Å². The Morgan fingerprint density at radius 1 is 1.27 bits per heavy atom. The number of rotatable bonds is 12. The zero-order valence-electron chi connectivity index (χ0n) is 27.1. The molecule has 45 heavy (non-hydrogen) atoms. The van der Waals surface area contributed by atoms with E-state index in [0.29, 0.717) is 31.0 Å². The second-order valence-corrected chi connectivity index (χ2v) is 14.4. The van der Waals surface area contributed by atoms with E-state index in [2.05, 4.69) is 59.6 Å². The Bertz CT molecular complexity index is 1450. The van der Waals surface area contributed by atoms with Gasteiger partial charge in [0.1, 0.15) is 28.9 Å². The smallest absolute Gasteiger partial charge is 0.263 e. The molecule has 1 heterocycles. The fourth-order valence-electron chi connectivity index (χ4n) is 6.36. The van der Waals surface area contributed by atoms with Crippen molar-refractivity contribution in [2.75, 3.05) is 38.3 Å². The summed E-state index contributed by atoms with van der Waals surface area (Å²) in [5, 5.41) is 10.1. The third-order valence-electron chi connectivity index (χ3n) is 8.85. The van der Waals surface area contributed by atoms with Crippen molar-refractivity contribution >= 4 is 34.2 Å². The van der Waals surface area contributed by atoms with Crippen molar-refractivity contribution < 1.29 is 23.6 Å². The molecule has 2 aromatic rings. The molecule has 5 unspecified atom stereocenters. The summed E-state index contributed by atoms with van der Waals surface area (Å²) in [6.07, 6.45) is 8.87. The molecule has 0 aromatic heterocycles. The molecule has 0 bridgehead atoms. The molecule has 5 atom stereocenters. The van der Waals surface area contributed by atoms with Gasteiger partial charge in [0.15, 0.2) is 0 Å². The van der Waals surface area contributed by atoms with Crippen LogP contribution in [0.3, 0.4) is 0 Å². The summed E-state index contributed by atoms with van der Waals surface area (Å²) in [5.74, 6) is 6.87. The number of fused-ring (bicyclic) bond motifs is 1. The number of aliphatic hydroxyl groups is 1. The molecule has 1 amide bonds. The molecular formula is C36H47ClN2O5S. The van der Waals surface area contributed by atoms with E-state index in [0.717, 1.165) is 42.8 Å². The van der Waals surface area contributed by atoms with Gasteiger partial charge in [-0.3, -0.25) is 9.52 Å². The van der Waals surface area contributed by atoms with Gasteiger partial charge in [0.2, 0.25) is 0 Å². The first-order valence-corrected chi connectivity index (χ1v) is 17.6. The van der Waals surface area contributed by atoms with Crippen molar-refractivity contribution in [3.05, 3.63) is 70.3 Å². The second-order valence-electron chi connectivity index (χ2n) is 12.2. The number of nitrogens with zero attached hydrogens (tertiary/aromatic N) is 1. The van der Waals surface area contributed by atoms with Crippen molar-refractivity contribution in [3.8, 4) is 17.6 Å². The standard InChI is InChI=1S/C36H47ClN2O5S/c1-6-8-17-36(43-5,18-9-19-40)32-15-11-28(32)22-39-23-29(31-14-13-30(37)20-26(31)10-7-2)24-44-34-16-12-27(21-33(34)39)35(41)38-45(42)25(3)4/h8,12-14,16-17,20-21,25,28-29,32,40H,6-7,10-11,15,19,22-24H2,1-5H3,(H,38,41)/b17-8+. The number of aliphatic hydroxyl groups excluding tert-OH is 1. The number of ether oxygens (including phenoxy) is 2. The molecule has 1 aliphatic carbocycles. The van der Waals surface area contributed by atoms with Gasteiger partial charge in [0.25, 0.3) is 5.91 Å². The number of aryl methyl sites for hydroxylation is 1. The van der Waals surface area contributed by atoms with Crippen LogP contribution < -0.4 is 14.4 Å². The van der Waals surface area contributed by atoms with Crippen LogP contribution in [0, 0.1) is 23.7 Å². The third-order valence-corrected chi connectivity index (χ3v) is 10.3. The highest BCUT2D eigenvalue weighted by atomic mass is 35.5. The maximum Gasteiger partial charge on any atom is 0.263 e. The van der Waals surface area contributed by atoms with Crippen LogP contribution in [0.1, 0.15) is 80.8 Å². The summed E-state index contributed by atoms with van der Waals surface area (Å²) in [5.41, 5.74) is 2.93. The molecule has 1 aliphatic heterocycles. The molecule has 0 radical (unpaired) electrons. The molecule has 0 saturated heterocycles. The lowest BCUT2D eigenvalue weighted by atomic mass is 9.64. The van der Waals surface area contributed by atoms with Gasteiger partial charge in [-0.1, -0.05) is 55.9 Å². The summed E-state index contributed by atoms with van der Waals surface area (Å²) in [6, 6.07) is 11.6. The van der Waals surface area contributed by atoms with Gasteiger partial charge in [-0.05, 0) is 93.0 Å². The highest BCUT2D eigenvalue weighted by Gasteiger charge is 2.47. The summed E-state index contributed by atoms with van der Waals surface area (Å²) >= 11 is 6.42. The van der Waals surface area contributed by atoms with E-state index >= 15 is 0 Å². The van der Waals surface area contributed by atoms with Gasteiger partial charge in [-0.25, -0.2) is 4.21 Å². The summed E-state index contributed by atoms with van der Waals surface area (Å²) in [7, 11) is 0.206. The highest BCUT2D eigenvalue weighted by molar-refractivity contribution is 7.84. The fourth-order valence-corrected chi connectivity index (χ4v) is 7.09. The van der Waals surface area contributed by atoms with Crippen LogP contribution in [-0.2, 0) is 22.1 Å². The minimum Gasteiger partial charge on any atom is -0.491 e. The number of nitrogens with one attached hydrogen (secondary N) is 1. The number of anilines is 1. The van der Waals surface area contributed by atoms with E-state index < -0.39 is 16.6 Å². The number of hydrogen-bond acceptors (Lipinski definition) is 6. The monoisotopic (exact) mass is 654 g/mol. The maximum atomic E-state index is 13.1. The number of halogens is 1.